The second-order valence-electron chi connectivity index (χ2n) is 7.72. The summed E-state index contributed by atoms with van der Waals surface area (Å²) in [5.41, 5.74) is 1.59. The molecule has 0 bridgehead atoms. The molecule has 1 N–H and O–H groups in total. The van der Waals surface area contributed by atoms with Crippen LogP contribution in [-0.2, 0) is 9.53 Å². The zero-order chi connectivity index (χ0) is 20.4. The lowest BCUT2D eigenvalue weighted by atomic mass is 10.0. The van der Waals surface area contributed by atoms with Gasteiger partial charge in [0.25, 0.3) is 0 Å². The minimum atomic E-state index is -0.173. The SMILES string of the molecule is CC[C@@H]1C(=O)N(C)c2cnc(NC3=C(OC)C=CCC=C3)nc2N1C1CCCC1. The monoisotopic (exact) mass is 395 g/mol. The summed E-state index contributed by atoms with van der Waals surface area (Å²) in [7, 11) is 3.47. The Morgan fingerprint density at radius 2 is 2.00 bits per heavy atom. The lowest BCUT2D eigenvalue weighted by Gasteiger charge is -2.43. The second kappa shape index (κ2) is 8.27. The van der Waals surface area contributed by atoms with E-state index in [9.17, 15) is 4.79 Å². The Bertz CT molecular complexity index is 870. The molecule has 7 heteroatoms. The summed E-state index contributed by atoms with van der Waals surface area (Å²) in [4.78, 5) is 26.3. The molecule has 1 aromatic heterocycles. The van der Waals surface area contributed by atoms with E-state index in [0.717, 1.165) is 48.6 Å². The largest absolute Gasteiger partial charge is 0.495 e. The van der Waals surface area contributed by atoms with Crippen LogP contribution in [-0.4, -0.2) is 42.1 Å². The smallest absolute Gasteiger partial charge is 0.249 e. The molecule has 1 fully saturated rings. The molecule has 1 saturated carbocycles. The molecule has 1 aromatic rings. The maximum atomic E-state index is 13.0. The van der Waals surface area contributed by atoms with Crippen molar-refractivity contribution in [1.29, 1.82) is 0 Å². The normalized spacial score (nSPS) is 22.2. The first-order valence-corrected chi connectivity index (χ1v) is 10.4. The first kappa shape index (κ1) is 19.5. The predicted molar refractivity (Wildman–Crippen MR) is 115 cm³/mol. The van der Waals surface area contributed by atoms with Crippen molar-refractivity contribution in [2.24, 2.45) is 0 Å². The van der Waals surface area contributed by atoms with Crippen LogP contribution in [0.3, 0.4) is 0 Å². The van der Waals surface area contributed by atoms with Crippen LogP contribution in [0.15, 0.2) is 42.0 Å². The molecule has 0 radical (unpaired) electrons. The molecule has 1 amide bonds. The Labute approximate surface area is 172 Å². The van der Waals surface area contributed by atoms with Crippen molar-refractivity contribution in [3.8, 4) is 0 Å². The Hall–Kier alpha value is -2.83. The summed E-state index contributed by atoms with van der Waals surface area (Å²) < 4.78 is 5.50. The van der Waals surface area contributed by atoms with Gasteiger partial charge in [-0.25, -0.2) is 4.98 Å². The number of fused-ring (bicyclic) bond motifs is 1. The van der Waals surface area contributed by atoms with Gasteiger partial charge in [0.05, 0.1) is 19.0 Å². The molecule has 2 heterocycles. The van der Waals surface area contributed by atoms with E-state index in [1.165, 1.54) is 12.8 Å². The number of methoxy groups -OCH3 is 1. The van der Waals surface area contributed by atoms with Crippen molar-refractivity contribution in [3.63, 3.8) is 0 Å². The lowest BCUT2D eigenvalue weighted by Crippen LogP contribution is -2.55. The van der Waals surface area contributed by atoms with Crippen molar-refractivity contribution < 1.29 is 9.53 Å². The number of amides is 1. The number of nitrogens with one attached hydrogen (secondary N) is 1. The number of aromatic nitrogens is 2. The summed E-state index contributed by atoms with van der Waals surface area (Å²) in [5.74, 6) is 2.22. The first-order valence-electron chi connectivity index (χ1n) is 10.4. The number of rotatable bonds is 5. The standard InChI is InChI=1S/C22H29N5O2/c1-4-17-21(28)26(2)18-14-23-22(24-16-12-6-5-7-13-19(16)29-3)25-20(18)27(17)15-10-8-9-11-15/h6-7,12-15,17H,4-5,8-11H2,1-3H3,(H,23,24,25)/t17-/m1/s1. The van der Waals surface area contributed by atoms with E-state index in [2.05, 4.69) is 28.2 Å². The number of nitrogens with zero attached hydrogens (tertiary/aromatic N) is 4. The van der Waals surface area contributed by atoms with Crippen LogP contribution in [0.2, 0.25) is 0 Å². The minimum absolute atomic E-state index is 0.123. The number of ether oxygens (including phenoxy) is 1. The van der Waals surface area contributed by atoms with E-state index < -0.39 is 0 Å². The van der Waals surface area contributed by atoms with E-state index in [0.29, 0.717) is 12.0 Å². The van der Waals surface area contributed by atoms with Crippen LogP contribution >= 0.6 is 0 Å². The van der Waals surface area contributed by atoms with Gasteiger partial charge in [-0.2, -0.15) is 4.98 Å². The van der Waals surface area contributed by atoms with Crippen LogP contribution in [0.5, 0.6) is 0 Å². The van der Waals surface area contributed by atoms with Gasteiger partial charge in [0.2, 0.25) is 11.9 Å². The molecule has 0 spiro atoms. The van der Waals surface area contributed by atoms with Gasteiger partial charge in [0, 0.05) is 13.1 Å². The Morgan fingerprint density at radius 3 is 2.72 bits per heavy atom. The third kappa shape index (κ3) is 3.61. The van der Waals surface area contributed by atoms with E-state index >= 15 is 0 Å². The van der Waals surface area contributed by atoms with Gasteiger partial charge in [0.1, 0.15) is 17.5 Å². The van der Waals surface area contributed by atoms with Crippen LogP contribution in [0, 0.1) is 0 Å². The molecule has 3 aliphatic rings. The third-order valence-corrected chi connectivity index (χ3v) is 5.97. The number of allylic oxidation sites excluding steroid dienone is 4. The van der Waals surface area contributed by atoms with Crippen LogP contribution < -0.4 is 15.1 Å². The average molecular weight is 396 g/mol. The molecule has 0 unspecified atom stereocenters. The van der Waals surface area contributed by atoms with Crippen molar-refractivity contribution in [2.45, 2.75) is 57.5 Å². The van der Waals surface area contributed by atoms with Gasteiger partial charge in [0.15, 0.2) is 5.82 Å². The third-order valence-electron chi connectivity index (χ3n) is 5.97. The molecular formula is C22H29N5O2. The van der Waals surface area contributed by atoms with Gasteiger partial charge >= 0.3 is 0 Å². The molecule has 1 aliphatic heterocycles. The summed E-state index contributed by atoms with van der Waals surface area (Å²) in [6.45, 7) is 2.07. The summed E-state index contributed by atoms with van der Waals surface area (Å²) in [5, 5.41) is 3.31. The van der Waals surface area contributed by atoms with Crippen molar-refractivity contribution in [3.05, 3.63) is 42.0 Å². The fourth-order valence-corrected chi connectivity index (χ4v) is 4.46. The van der Waals surface area contributed by atoms with Crippen LogP contribution in [0.1, 0.15) is 45.4 Å². The lowest BCUT2D eigenvalue weighted by molar-refractivity contribution is -0.120. The second-order valence-corrected chi connectivity index (χ2v) is 7.72. The summed E-state index contributed by atoms with van der Waals surface area (Å²) >= 11 is 0. The van der Waals surface area contributed by atoms with Crippen LogP contribution in [0.25, 0.3) is 0 Å². The summed E-state index contributed by atoms with van der Waals surface area (Å²) in [6.07, 6.45) is 16.0. The molecule has 2 aliphatic carbocycles. The molecule has 1 atom stereocenters. The highest BCUT2D eigenvalue weighted by molar-refractivity contribution is 6.04. The predicted octanol–water partition coefficient (Wildman–Crippen LogP) is 3.77. The zero-order valence-electron chi connectivity index (χ0n) is 17.4. The van der Waals surface area contributed by atoms with Gasteiger partial charge in [-0.1, -0.05) is 31.9 Å². The average Bonchev–Trinajstić information content (AvgIpc) is 3.17. The molecule has 29 heavy (non-hydrogen) atoms. The van der Waals surface area contributed by atoms with Gasteiger partial charge in [-0.05, 0) is 37.8 Å². The van der Waals surface area contributed by atoms with E-state index in [4.69, 9.17) is 9.72 Å². The van der Waals surface area contributed by atoms with Crippen LogP contribution in [0.4, 0.5) is 17.5 Å². The molecule has 4 rings (SSSR count). The van der Waals surface area contributed by atoms with Gasteiger partial charge in [-0.3, -0.25) is 4.79 Å². The Morgan fingerprint density at radius 1 is 1.24 bits per heavy atom. The number of likely N-dealkylation sites (N-methyl/N-ethyl adjacent to an activating group) is 1. The number of carbonyl (C=O) groups is 1. The van der Waals surface area contributed by atoms with Crippen molar-refractivity contribution >= 4 is 23.4 Å². The van der Waals surface area contributed by atoms with E-state index in [1.807, 2.05) is 25.3 Å². The molecular weight excluding hydrogens is 366 g/mol. The molecule has 7 nitrogen and oxygen atoms in total. The minimum Gasteiger partial charge on any atom is -0.495 e. The highest BCUT2D eigenvalue weighted by atomic mass is 16.5. The molecule has 0 aromatic carbocycles. The molecule has 154 valence electrons. The highest BCUT2D eigenvalue weighted by Gasteiger charge is 2.41. The fraction of sp³-hybridized carbons (Fsp3) is 0.500. The maximum absolute atomic E-state index is 13.0. The maximum Gasteiger partial charge on any atom is 0.249 e. The zero-order valence-corrected chi connectivity index (χ0v) is 17.4. The Balaban J connectivity index is 1.74. The van der Waals surface area contributed by atoms with Crippen molar-refractivity contribution in [1.82, 2.24) is 9.97 Å². The number of hydrogen-bond donors (Lipinski definition) is 1. The number of hydrogen-bond acceptors (Lipinski definition) is 6. The number of carbonyl (C=O) groups excluding carboxylic acids is 1. The Kier molecular flexibility index (Phi) is 5.56. The van der Waals surface area contributed by atoms with Gasteiger partial charge in [-0.15, -0.1) is 0 Å². The topological polar surface area (TPSA) is 70.6 Å². The number of anilines is 3. The van der Waals surface area contributed by atoms with Crippen molar-refractivity contribution in [2.75, 3.05) is 29.3 Å². The fourth-order valence-electron chi connectivity index (χ4n) is 4.46. The van der Waals surface area contributed by atoms with Gasteiger partial charge < -0.3 is 19.9 Å². The summed E-state index contributed by atoms with van der Waals surface area (Å²) in [6, 6.07) is 0.182. The first-order chi connectivity index (χ1) is 14.1. The van der Waals surface area contributed by atoms with E-state index in [1.54, 1.807) is 18.2 Å². The quantitative estimate of drug-likeness (QED) is 0.818. The molecule has 0 saturated heterocycles. The van der Waals surface area contributed by atoms with E-state index in [-0.39, 0.29) is 11.9 Å². The highest BCUT2D eigenvalue weighted by Crippen LogP contribution is 2.39.